The summed E-state index contributed by atoms with van der Waals surface area (Å²) in [4.78, 5) is 2.66. The summed E-state index contributed by atoms with van der Waals surface area (Å²) in [5, 5.41) is 13.1. The maximum absolute atomic E-state index is 9.44. The van der Waals surface area contributed by atoms with E-state index < -0.39 is 33.3 Å². The number of methoxy groups -OCH3 is 1. The van der Waals surface area contributed by atoms with E-state index in [4.69, 9.17) is 22.4 Å². The Kier molecular flexibility index (Phi) is 17.1. The van der Waals surface area contributed by atoms with Gasteiger partial charge in [-0.05, 0) is 109 Å². The molecule has 12 heteroatoms. The van der Waals surface area contributed by atoms with Gasteiger partial charge in [0.1, 0.15) is 5.75 Å². The lowest BCUT2D eigenvalue weighted by Crippen LogP contribution is -2.70. The molecule has 60 heavy (non-hydrogen) atoms. The lowest BCUT2D eigenvalue weighted by Gasteiger charge is -2.56. The first-order chi connectivity index (χ1) is 27.1. The number of nitrogens with one attached hydrogen (secondary N) is 1. The van der Waals surface area contributed by atoms with Crippen molar-refractivity contribution in [1.29, 1.82) is 5.26 Å². The van der Waals surface area contributed by atoms with Crippen molar-refractivity contribution in [2.45, 2.75) is 193 Å². The maximum atomic E-state index is 9.44. The molecular formula is C48H87N3O5Si4. The predicted octanol–water partition coefficient (Wildman–Crippen LogP) is 12.6. The number of likely N-dealkylation sites (tertiary alicyclic amines) is 1. The van der Waals surface area contributed by atoms with Crippen LogP contribution in [0.1, 0.15) is 99.8 Å². The maximum Gasteiger partial charge on any atom is 0.192 e. The van der Waals surface area contributed by atoms with E-state index in [0.29, 0.717) is 17.9 Å². The van der Waals surface area contributed by atoms with E-state index in [1.54, 1.807) is 13.2 Å². The Morgan fingerprint density at radius 2 is 1.12 bits per heavy atom. The van der Waals surface area contributed by atoms with Crippen molar-refractivity contribution in [2.24, 2.45) is 0 Å². The fourth-order valence-electron chi connectivity index (χ4n) is 6.44. The normalized spacial score (nSPS) is 20.5. The van der Waals surface area contributed by atoms with Crippen molar-refractivity contribution in [2.75, 3.05) is 38.7 Å². The number of piperidine rings is 1. The molecule has 2 aromatic carbocycles. The molecule has 1 saturated heterocycles. The van der Waals surface area contributed by atoms with Crippen LogP contribution in [0.3, 0.4) is 0 Å². The van der Waals surface area contributed by atoms with Crippen molar-refractivity contribution in [1.82, 2.24) is 4.90 Å². The molecule has 0 amide bonds. The van der Waals surface area contributed by atoms with Crippen LogP contribution in [0.15, 0.2) is 42.5 Å². The number of nitrogens with zero attached hydrogens (tertiary/aromatic N) is 2. The van der Waals surface area contributed by atoms with E-state index in [9.17, 15) is 5.26 Å². The zero-order chi connectivity index (χ0) is 45.9. The molecular weight excluding hydrogens is 811 g/mol. The molecule has 1 N–H and O–H groups in total. The van der Waals surface area contributed by atoms with E-state index in [0.717, 1.165) is 38.2 Å². The van der Waals surface area contributed by atoms with Crippen LogP contribution in [0.4, 0.5) is 5.69 Å². The van der Waals surface area contributed by atoms with Gasteiger partial charge in [0, 0.05) is 31.4 Å². The van der Waals surface area contributed by atoms with E-state index >= 15 is 0 Å². The largest absolute Gasteiger partial charge is 0.497 e. The van der Waals surface area contributed by atoms with Crippen LogP contribution < -0.4 is 10.1 Å². The minimum absolute atomic E-state index is 0.00536. The molecule has 340 valence electrons. The lowest BCUT2D eigenvalue weighted by molar-refractivity contribution is -0.128. The zero-order valence-corrected chi connectivity index (χ0v) is 46.0. The van der Waals surface area contributed by atoms with Gasteiger partial charge in [0.05, 0.1) is 49.7 Å². The molecule has 0 aromatic heterocycles. The van der Waals surface area contributed by atoms with Crippen LogP contribution >= 0.6 is 0 Å². The van der Waals surface area contributed by atoms with E-state index in [1.165, 1.54) is 11.1 Å². The van der Waals surface area contributed by atoms with Crippen LogP contribution in [-0.4, -0.2) is 95.9 Å². The molecule has 1 aliphatic heterocycles. The van der Waals surface area contributed by atoms with E-state index in [1.807, 2.05) is 12.1 Å². The number of anilines is 1. The Bertz CT molecular complexity index is 1730. The van der Waals surface area contributed by atoms with Crippen molar-refractivity contribution in [3.8, 4) is 11.8 Å². The van der Waals surface area contributed by atoms with Gasteiger partial charge >= 0.3 is 0 Å². The van der Waals surface area contributed by atoms with Crippen molar-refractivity contribution in [3.05, 3.63) is 59.2 Å². The summed E-state index contributed by atoms with van der Waals surface area (Å²) in [6.45, 7) is 50.1. The van der Waals surface area contributed by atoms with E-state index in [-0.39, 0.29) is 44.5 Å². The summed E-state index contributed by atoms with van der Waals surface area (Å²) in [6.07, 6.45) is 1.21. The van der Waals surface area contributed by atoms with Crippen molar-refractivity contribution in [3.63, 3.8) is 0 Å². The molecule has 0 radical (unpaired) electrons. The first-order valence-corrected chi connectivity index (χ1v) is 34.1. The summed E-state index contributed by atoms with van der Waals surface area (Å²) in [5.41, 5.74) is 4.05. The van der Waals surface area contributed by atoms with Gasteiger partial charge in [0.25, 0.3) is 0 Å². The molecule has 1 aliphatic rings. The van der Waals surface area contributed by atoms with Gasteiger partial charge in [-0.1, -0.05) is 107 Å². The van der Waals surface area contributed by atoms with Crippen molar-refractivity contribution < 1.29 is 22.4 Å². The van der Waals surface area contributed by atoms with Gasteiger partial charge in [-0.3, -0.25) is 4.90 Å². The molecule has 8 nitrogen and oxygen atoms in total. The Labute approximate surface area is 372 Å². The van der Waals surface area contributed by atoms with E-state index in [2.05, 4.69) is 176 Å². The monoisotopic (exact) mass is 898 g/mol. The topological polar surface area (TPSA) is 85.2 Å². The summed E-state index contributed by atoms with van der Waals surface area (Å²) in [6, 6.07) is 16.9. The summed E-state index contributed by atoms with van der Waals surface area (Å²) < 4.78 is 35.6. The number of ether oxygens (including phenoxy) is 1. The summed E-state index contributed by atoms with van der Waals surface area (Å²) >= 11 is 0. The smallest absolute Gasteiger partial charge is 0.192 e. The highest BCUT2D eigenvalue weighted by molar-refractivity contribution is 6.75. The minimum Gasteiger partial charge on any atom is -0.497 e. The molecule has 0 aliphatic carbocycles. The van der Waals surface area contributed by atoms with Gasteiger partial charge in [0.2, 0.25) is 0 Å². The molecule has 1 fully saturated rings. The van der Waals surface area contributed by atoms with Crippen LogP contribution in [0.25, 0.3) is 0 Å². The summed E-state index contributed by atoms with van der Waals surface area (Å²) in [7, 11) is -7.29. The van der Waals surface area contributed by atoms with Crippen LogP contribution in [0.2, 0.25) is 72.5 Å². The number of benzene rings is 2. The lowest BCUT2D eigenvalue weighted by atomic mass is 9.93. The highest BCUT2D eigenvalue weighted by atomic mass is 28.4. The fraction of sp³-hybridized carbons (Fsp3) is 0.729. The molecule has 0 unspecified atom stereocenters. The first-order valence-electron chi connectivity index (χ1n) is 22.5. The highest BCUT2D eigenvalue weighted by Gasteiger charge is 2.55. The van der Waals surface area contributed by atoms with Gasteiger partial charge in [0.15, 0.2) is 33.3 Å². The average Bonchev–Trinajstić information content (AvgIpc) is 3.09. The zero-order valence-electron chi connectivity index (χ0n) is 42.0. The van der Waals surface area contributed by atoms with Crippen LogP contribution in [0.5, 0.6) is 5.75 Å². The number of rotatable bonds is 17. The Balaban J connectivity index is 2.05. The van der Waals surface area contributed by atoms with Crippen LogP contribution in [-0.2, 0) is 30.5 Å². The second-order valence-electron chi connectivity index (χ2n) is 23.5. The predicted molar refractivity (Wildman–Crippen MR) is 265 cm³/mol. The molecule has 1 heterocycles. The molecule has 3 rings (SSSR count). The third-order valence-corrected chi connectivity index (χ3v) is 32.8. The molecule has 0 spiro atoms. The Hall–Kier alpha value is -1.80. The fourth-order valence-corrected chi connectivity index (χ4v) is 11.4. The molecule has 4 atom stereocenters. The van der Waals surface area contributed by atoms with Crippen molar-refractivity contribution >= 4 is 39.0 Å². The third-order valence-electron chi connectivity index (χ3n) is 14.8. The number of nitriles is 1. The third kappa shape index (κ3) is 13.6. The molecule has 0 saturated carbocycles. The molecule has 0 bridgehead atoms. The Morgan fingerprint density at radius 3 is 1.58 bits per heavy atom. The minimum atomic E-state index is -2.30. The molecule has 2 aromatic rings. The second-order valence-corrected chi connectivity index (χ2v) is 42.6. The second kappa shape index (κ2) is 19.5. The SMILES string of the molecule is COc1cc(C#N)cc(NCCc2ccc(CCN3C[C@H](O[Si](C)(C)C(C)(C)C)[C@@H](O[Si](C)(C)C(C)(C)C)[C@H](O[Si](C)(C)C(C)(C)C)[C@H]3CO[Si](C)(C)C(C)(C)C)cc2)c1. The standard InChI is InChI=1S/C48H87N3O5Si4/c1-45(2,3)57(14,15)53-35-41-43(55-59(18,19)47(7,8)9)44(56-60(20,21)48(10,11)12)42(54-58(16,17)46(4,5)6)34-51(41)29-27-37-24-22-36(23-25-37)26-28-50-39-30-38(33-49)31-40(32-39)52-13/h22-25,30-32,41-44,50H,26-29,34-35H2,1-21H3/t41-,42+,43-,44-/m1/s1. The Morgan fingerprint density at radius 1 is 0.650 bits per heavy atom. The van der Waals surface area contributed by atoms with Gasteiger partial charge in [-0.15, -0.1) is 0 Å². The quantitative estimate of drug-likeness (QED) is 0.157. The number of hydrogen-bond acceptors (Lipinski definition) is 8. The number of hydrogen-bond donors (Lipinski definition) is 1. The van der Waals surface area contributed by atoms with Crippen LogP contribution in [0, 0.1) is 11.3 Å². The van der Waals surface area contributed by atoms with Gasteiger partial charge in [-0.25, -0.2) is 0 Å². The average molecular weight is 899 g/mol. The first kappa shape index (κ1) is 52.5. The van der Waals surface area contributed by atoms with Gasteiger partial charge in [-0.2, -0.15) is 5.26 Å². The summed E-state index contributed by atoms with van der Waals surface area (Å²) in [5.74, 6) is 0.679. The van der Waals surface area contributed by atoms with Gasteiger partial charge < -0.3 is 27.8 Å². The highest BCUT2D eigenvalue weighted by Crippen LogP contribution is 2.46.